The van der Waals surface area contributed by atoms with E-state index in [2.05, 4.69) is 25.3 Å². The highest BCUT2D eigenvalue weighted by atomic mass is 35.5. The number of pyridine rings is 1. The molecule has 8 nitrogen and oxygen atoms in total. The lowest BCUT2D eigenvalue weighted by molar-refractivity contribution is -0.862. The van der Waals surface area contributed by atoms with Crippen molar-refractivity contribution >= 4 is 34.4 Å². The van der Waals surface area contributed by atoms with E-state index in [4.69, 9.17) is 11.6 Å². The van der Waals surface area contributed by atoms with Crippen molar-refractivity contribution < 1.29 is 13.7 Å². The minimum atomic E-state index is -0.515. The third kappa shape index (κ3) is 5.16. The number of aromatic amines is 1. The molecule has 1 aliphatic heterocycles. The molecule has 10 heteroatoms. The molecule has 3 aromatic rings. The van der Waals surface area contributed by atoms with Crippen LogP contribution >= 0.6 is 11.6 Å². The summed E-state index contributed by atoms with van der Waals surface area (Å²) in [5, 5.41) is 4.40. The van der Waals surface area contributed by atoms with Gasteiger partial charge >= 0.3 is 0 Å². The lowest BCUT2D eigenvalue weighted by Crippen LogP contribution is -2.49. The average molecular weight is 461 g/mol. The summed E-state index contributed by atoms with van der Waals surface area (Å²) in [6.07, 6.45) is 6.38. The van der Waals surface area contributed by atoms with Gasteiger partial charge in [0.15, 0.2) is 24.0 Å². The number of nitrogens with one attached hydrogen (secondary N) is 2. The zero-order chi connectivity index (χ0) is 22.9. The van der Waals surface area contributed by atoms with Crippen molar-refractivity contribution in [2.75, 3.05) is 52.6 Å². The van der Waals surface area contributed by atoms with Crippen molar-refractivity contribution in [3.8, 4) is 11.4 Å². The van der Waals surface area contributed by atoms with E-state index in [1.54, 1.807) is 18.5 Å². The summed E-state index contributed by atoms with van der Waals surface area (Å²) in [7, 11) is 6.02. The third-order valence-electron chi connectivity index (χ3n) is 5.52. The maximum Gasteiger partial charge on any atom is 0.277 e. The first-order chi connectivity index (χ1) is 15.2. The summed E-state index contributed by atoms with van der Waals surface area (Å²) >= 11 is 6.08. The predicted octanol–water partition coefficient (Wildman–Crippen LogP) is 3.17. The van der Waals surface area contributed by atoms with Gasteiger partial charge in [0.05, 0.1) is 32.4 Å². The lowest BCUT2D eigenvalue weighted by Gasteiger charge is -2.34. The van der Waals surface area contributed by atoms with Crippen LogP contribution in [-0.2, 0) is 4.79 Å². The average Bonchev–Trinajstić information content (AvgIpc) is 3.15. The quantitative estimate of drug-likeness (QED) is 0.552. The van der Waals surface area contributed by atoms with Gasteiger partial charge in [-0.3, -0.25) is 4.79 Å². The van der Waals surface area contributed by atoms with Crippen LogP contribution in [0.15, 0.2) is 24.7 Å². The molecule has 0 aliphatic carbocycles. The number of carbonyl (C=O) groups is 1. The lowest BCUT2D eigenvalue weighted by atomic mass is 9.98. The largest absolute Gasteiger partial charge is 0.367 e. The Bertz CT molecular complexity index is 1130. The smallest absolute Gasteiger partial charge is 0.277 e. The highest BCUT2D eigenvalue weighted by Crippen LogP contribution is 2.28. The van der Waals surface area contributed by atoms with E-state index in [1.165, 1.54) is 6.20 Å². The Morgan fingerprint density at radius 2 is 2.16 bits per heavy atom. The molecule has 1 aliphatic rings. The van der Waals surface area contributed by atoms with Crippen LogP contribution in [-0.4, -0.2) is 82.5 Å². The molecular formula is C22H28ClFN7O+. The Hall–Kier alpha value is -2.78. The monoisotopic (exact) mass is 460 g/mol. The topological polar surface area (TPSA) is 86.8 Å². The highest BCUT2D eigenvalue weighted by Gasteiger charge is 2.27. The SMILES string of the molecule is C[N+](C)(C)CC(=O)N1CCC[C@@H](CNc2nc(-c3c[nH]c4ncc(Cl)cc34)ncc2F)C1. The Kier molecular flexibility index (Phi) is 6.30. The van der Waals surface area contributed by atoms with Crippen molar-refractivity contribution in [1.29, 1.82) is 0 Å². The molecule has 0 radical (unpaired) electrons. The molecule has 4 heterocycles. The first-order valence-corrected chi connectivity index (χ1v) is 11.0. The van der Waals surface area contributed by atoms with Gasteiger partial charge in [-0.15, -0.1) is 0 Å². The standard InChI is InChI=1S/C22H28ClFN7O/c1-31(2,3)13-19(32)30-6-4-5-14(12-30)8-25-22-18(24)11-28-21(29-22)17-10-27-20-16(17)7-15(23)9-26-20/h7,9-11,14H,4-6,8,12-13H2,1-3H3,(H,26,27)(H,25,28,29)/q+1/t14-/m0/s1. The molecule has 0 saturated carbocycles. The second-order valence-electron chi connectivity index (χ2n) is 9.32. The van der Waals surface area contributed by atoms with E-state index in [0.717, 1.165) is 24.8 Å². The number of anilines is 1. The van der Waals surface area contributed by atoms with Gasteiger partial charge in [-0.2, -0.15) is 0 Å². The van der Waals surface area contributed by atoms with E-state index >= 15 is 0 Å². The first kappa shape index (κ1) is 22.4. The third-order valence-corrected chi connectivity index (χ3v) is 5.73. The van der Waals surface area contributed by atoms with Crippen LogP contribution in [0.3, 0.4) is 0 Å². The van der Waals surface area contributed by atoms with Crippen LogP contribution in [0, 0.1) is 11.7 Å². The number of amides is 1. The molecule has 1 fully saturated rings. The number of hydrogen-bond donors (Lipinski definition) is 2. The molecule has 170 valence electrons. The normalized spacial score (nSPS) is 17.0. The minimum absolute atomic E-state index is 0.147. The summed E-state index contributed by atoms with van der Waals surface area (Å²) in [6.45, 7) is 2.44. The summed E-state index contributed by atoms with van der Waals surface area (Å²) in [5.74, 6) is 0.402. The number of piperidine rings is 1. The summed E-state index contributed by atoms with van der Waals surface area (Å²) < 4.78 is 15.0. The van der Waals surface area contributed by atoms with E-state index in [0.29, 0.717) is 46.2 Å². The second-order valence-corrected chi connectivity index (χ2v) is 9.76. The molecule has 0 aromatic carbocycles. The van der Waals surface area contributed by atoms with Crippen molar-refractivity contribution in [2.45, 2.75) is 12.8 Å². The number of halogens is 2. The highest BCUT2D eigenvalue weighted by molar-refractivity contribution is 6.31. The molecular weight excluding hydrogens is 433 g/mol. The predicted molar refractivity (Wildman–Crippen MR) is 123 cm³/mol. The minimum Gasteiger partial charge on any atom is -0.367 e. The van der Waals surface area contributed by atoms with E-state index in [1.807, 2.05) is 26.0 Å². The van der Waals surface area contributed by atoms with Crippen molar-refractivity contribution in [1.82, 2.24) is 24.8 Å². The fourth-order valence-electron chi connectivity index (χ4n) is 3.99. The van der Waals surface area contributed by atoms with Crippen molar-refractivity contribution in [2.24, 2.45) is 5.92 Å². The Morgan fingerprint density at radius 3 is 2.94 bits per heavy atom. The van der Waals surface area contributed by atoms with E-state index < -0.39 is 5.82 Å². The molecule has 1 amide bonds. The van der Waals surface area contributed by atoms with Crippen LogP contribution in [0.4, 0.5) is 10.2 Å². The van der Waals surface area contributed by atoms with E-state index in [9.17, 15) is 9.18 Å². The molecule has 1 saturated heterocycles. The van der Waals surface area contributed by atoms with Gasteiger partial charge in [-0.05, 0) is 24.8 Å². The summed E-state index contributed by atoms with van der Waals surface area (Å²) in [4.78, 5) is 30.4. The van der Waals surface area contributed by atoms with Gasteiger partial charge < -0.3 is 19.7 Å². The summed E-state index contributed by atoms with van der Waals surface area (Å²) in [5.41, 5.74) is 1.36. The second kappa shape index (κ2) is 8.99. The number of fused-ring (bicyclic) bond motifs is 1. The van der Waals surface area contributed by atoms with E-state index in [-0.39, 0.29) is 17.6 Å². The van der Waals surface area contributed by atoms with Crippen LogP contribution in [0.1, 0.15) is 12.8 Å². The van der Waals surface area contributed by atoms with Gasteiger partial charge in [-0.25, -0.2) is 19.3 Å². The van der Waals surface area contributed by atoms with Crippen LogP contribution in [0.25, 0.3) is 22.4 Å². The molecule has 0 unspecified atom stereocenters. The number of hydrogen-bond acceptors (Lipinski definition) is 5. The number of rotatable bonds is 6. The van der Waals surface area contributed by atoms with Gasteiger partial charge in [-0.1, -0.05) is 11.6 Å². The molecule has 0 spiro atoms. The van der Waals surface area contributed by atoms with Crippen LogP contribution < -0.4 is 5.32 Å². The van der Waals surface area contributed by atoms with Crippen LogP contribution in [0.2, 0.25) is 5.02 Å². The maximum absolute atomic E-state index is 14.4. The van der Waals surface area contributed by atoms with Gasteiger partial charge in [0.2, 0.25) is 0 Å². The molecule has 0 bridgehead atoms. The zero-order valence-electron chi connectivity index (χ0n) is 18.5. The maximum atomic E-state index is 14.4. The molecule has 1 atom stereocenters. The first-order valence-electron chi connectivity index (χ1n) is 10.7. The van der Waals surface area contributed by atoms with Crippen molar-refractivity contribution in [3.63, 3.8) is 0 Å². The Balaban J connectivity index is 1.46. The number of quaternary nitrogens is 1. The fraction of sp³-hybridized carbons (Fsp3) is 0.455. The Labute approximate surface area is 191 Å². The molecule has 3 aromatic heterocycles. The molecule has 2 N–H and O–H groups in total. The summed E-state index contributed by atoms with van der Waals surface area (Å²) in [6, 6.07) is 1.78. The fourth-order valence-corrected chi connectivity index (χ4v) is 4.15. The number of nitrogens with zero attached hydrogens (tertiary/aromatic N) is 5. The van der Waals surface area contributed by atoms with Gasteiger partial charge in [0, 0.05) is 43.0 Å². The number of aromatic nitrogens is 4. The van der Waals surface area contributed by atoms with Gasteiger partial charge in [0.1, 0.15) is 5.65 Å². The zero-order valence-corrected chi connectivity index (χ0v) is 19.3. The number of likely N-dealkylation sites (N-methyl/N-ethyl adjacent to an activating group) is 1. The number of carbonyl (C=O) groups excluding carboxylic acids is 1. The molecule has 4 rings (SSSR count). The van der Waals surface area contributed by atoms with Crippen LogP contribution in [0.5, 0.6) is 0 Å². The Morgan fingerprint density at radius 1 is 1.34 bits per heavy atom. The number of likely N-dealkylation sites (tertiary alicyclic amines) is 1. The van der Waals surface area contributed by atoms with Crippen molar-refractivity contribution in [3.05, 3.63) is 35.5 Å². The van der Waals surface area contributed by atoms with Gasteiger partial charge in [0.25, 0.3) is 5.91 Å². The number of H-pyrrole nitrogens is 1. The molecule has 32 heavy (non-hydrogen) atoms.